The zero-order chi connectivity index (χ0) is 14.7. The first kappa shape index (κ1) is 14.5. The van der Waals surface area contributed by atoms with Gasteiger partial charge in [-0.05, 0) is 17.7 Å². The highest BCUT2D eigenvalue weighted by Gasteiger charge is 2.40. The Morgan fingerprint density at radius 1 is 1.29 bits per heavy atom. The van der Waals surface area contributed by atoms with Crippen molar-refractivity contribution in [3.63, 3.8) is 0 Å². The number of carbonyl (C=O) groups is 1. The van der Waals surface area contributed by atoms with Crippen molar-refractivity contribution in [3.8, 4) is 0 Å². The molecule has 2 heterocycles. The Hall–Kier alpha value is -1.43. The Morgan fingerprint density at radius 3 is 2.67 bits per heavy atom. The highest BCUT2D eigenvalue weighted by Crippen LogP contribution is 2.31. The van der Waals surface area contributed by atoms with E-state index in [1.807, 2.05) is 29.2 Å². The van der Waals surface area contributed by atoms with Crippen LogP contribution in [-0.2, 0) is 20.8 Å². The first-order valence-electron chi connectivity index (χ1n) is 7.37. The highest BCUT2D eigenvalue weighted by molar-refractivity contribution is 5.94. The van der Waals surface area contributed by atoms with E-state index in [1.54, 1.807) is 7.11 Å². The molecule has 21 heavy (non-hydrogen) atoms. The van der Waals surface area contributed by atoms with Gasteiger partial charge in [0.25, 0.3) is 5.91 Å². The molecule has 0 saturated carbocycles. The van der Waals surface area contributed by atoms with Crippen LogP contribution in [0, 0.1) is 0 Å². The maximum absolute atomic E-state index is 12.6. The Balaban J connectivity index is 1.64. The third-order valence-corrected chi connectivity index (χ3v) is 4.11. The molecule has 5 heteroatoms. The van der Waals surface area contributed by atoms with Crippen molar-refractivity contribution >= 4 is 5.91 Å². The van der Waals surface area contributed by atoms with Gasteiger partial charge in [-0.2, -0.15) is 0 Å². The van der Waals surface area contributed by atoms with Crippen LogP contribution in [0.3, 0.4) is 0 Å². The summed E-state index contributed by atoms with van der Waals surface area (Å²) in [7, 11) is 1.65. The fraction of sp³-hybridized carbons (Fsp3) is 0.562. The number of carbonyl (C=O) groups excluding carboxylic acids is 1. The van der Waals surface area contributed by atoms with Crippen molar-refractivity contribution in [2.75, 3.05) is 33.4 Å². The molecular formula is C16H21NO4. The number of rotatable bonds is 3. The fourth-order valence-corrected chi connectivity index (χ4v) is 2.98. The molecule has 0 unspecified atom stereocenters. The van der Waals surface area contributed by atoms with Crippen LogP contribution in [0.2, 0.25) is 0 Å². The average molecular weight is 291 g/mol. The van der Waals surface area contributed by atoms with Crippen molar-refractivity contribution in [1.29, 1.82) is 0 Å². The first-order valence-corrected chi connectivity index (χ1v) is 7.37. The monoisotopic (exact) mass is 291 g/mol. The molecular weight excluding hydrogens is 270 g/mol. The highest BCUT2D eigenvalue weighted by atomic mass is 16.7. The van der Waals surface area contributed by atoms with Crippen molar-refractivity contribution in [2.45, 2.75) is 25.2 Å². The normalized spacial score (nSPS) is 20.9. The molecule has 0 radical (unpaired) electrons. The smallest absolute Gasteiger partial charge is 0.253 e. The van der Waals surface area contributed by atoms with Crippen LogP contribution in [0.1, 0.15) is 28.8 Å². The maximum Gasteiger partial charge on any atom is 0.253 e. The molecule has 114 valence electrons. The van der Waals surface area contributed by atoms with Crippen molar-refractivity contribution in [2.24, 2.45) is 0 Å². The zero-order valence-electron chi connectivity index (χ0n) is 12.3. The number of hydrogen-bond acceptors (Lipinski definition) is 4. The van der Waals surface area contributed by atoms with Gasteiger partial charge in [-0.3, -0.25) is 4.79 Å². The van der Waals surface area contributed by atoms with E-state index in [4.69, 9.17) is 14.2 Å². The number of hydrogen-bond donors (Lipinski definition) is 0. The van der Waals surface area contributed by atoms with Crippen LogP contribution >= 0.6 is 0 Å². The van der Waals surface area contributed by atoms with Gasteiger partial charge >= 0.3 is 0 Å². The molecule has 0 bridgehead atoms. The van der Waals surface area contributed by atoms with E-state index in [0.29, 0.717) is 38.5 Å². The van der Waals surface area contributed by atoms with Gasteiger partial charge in [0.05, 0.1) is 19.8 Å². The predicted molar refractivity (Wildman–Crippen MR) is 76.9 cm³/mol. The molecule has 0 aromatic heterocycles. The SMILES string of the molecule is COCc1cccc(C(=O)N2CCC3(CC2)OCCO3)c1. The van der Waals surface area contributed by atoms with Crippen LogP contribution < -0.4 is 0 Å². The number of benzene rings is 1. The van der Waals surface area contributed by atoms with Gasteiger partial charge in [-0.15, -0.1) is 0 Å². The number of nitrogens with zero attached hydrogens (tertiary/aromatic N) is 1. The van der Waals surface area contributed by atoms with E-state index in [9.17, 15) is 4.79 Å². The molecule has 1 spiro atoms. The number of likely N-dealkylation sites (tertiary alicyclic amines) is 1. The molecule has 2 saturated heterocycles. The molecule has 0 N–H and O–H groups in total. The van der Waals surface area contributed by atoms with Crippen molar-refractivity contribution < 1.29 is 19.0 Å². The number of amides is 1. The topological polar surface area (TPSA) is 48.0 Å². The standard InChI is InChI=1S/C16H21NO4/c1-19-12-13-3-2-4-14(11-13)15(18)17-7-5-16(6-8-17)20-9-10-21-16/h2-4,11H,5-10,12H2,1H3. The summed E-state index contributed by atoms with van der Waals surface area (Å²) in [4.78, 5) is 14.4. The maximum atomic E-state index is 12.6. The Bertz CT molecular complexity index is 501. The van der Waals surface area contributed by atoms with Gasteiger partial charge in [-0.25, -0.2) is 0 Å². The zero-order valence-corrected chi connectivity index (χ0v) is 12.3. The van der Waals surface area contributed by atoms with Crippen molar-refractivity contribution in [1.82, 2.24) is 4.90 Å². The van der Waals surface area contributed by atoms with Crippen LogP contribution in [0.5, 0.6) is 0 Å². The molecule has 0 aliphatic carbocycles. The Kier molecular flexibility index (Phi) is 4.24. The lowest BCUT2D eigenvalue weighted by molar-refractivity contribution is -0.181. The van der Waals surface area contributed by atoms with Gasteiger partial charge in [0, 0.05) is 38.6 Å². The summed E-state index contributed by atoms with van der Waals surface area (Å²) in [5.74, 6) is -0.366. The molecule has 0 atom stereocenters. The summed E-state index contributed by atoms with van der Waals surface area (Å²) < 4.78 is 16.5. The Labute approximate surface area is 124 Å². The van der Waals surface area contributed by atoms with E-state index in [2.05, 4.69) is 0 Å². The lowest BCUT2D eigenvalue weighted by atomic mass is 10.0. The lowest BCUT2D eigenvalue weighted by Gasteiger charge is -2.37. The lowest BCUT2D eigenvalue weighted by Crippen LogP contribution is -2.47. The number of ether oxygens (including phenoxy) is 3. The van der Waals surface area contributed by atoms with Gasteiger partial charge in [-0.1, -0.05) is 12.1 Å². The minimum Gasteiger partial charge on any atom is -0.380 e. The molecule has 1 aromatic rings. The van der Waals surface area contributed by atoms with Crippen LogP contribution in [0.25, 0.3) is 0 Å². The number of piperidine rings is 1. The van der Waals surface area contributed by atoms with Gasteiger partial charge in [0.15, 0.2) is 5.79 Å². The second kappa shape index (κ2) is 6.13. The first-order chi connectivity index (χ1) is 10.2. The molecule has 1 aromatic carbocycles. The van der Waals surface area contributed by atoms with E-state index in [1.165, 1.54) is 0 Å². The Morgan fingerprint density at radius 2 is 2.00 bits per heavy atom. The van der Waals surface area contributed by atoms with Gasteiger partial charge < -0.3 is 19.1 Å². The molecule has 5 nitrogen and oxygen atoms in total. The average Bonchev–Trinajstić information content (AvgIpc) is 2.96. The summed E-state index contributed by atoms with van der Waals surface area (Å²) >= 11 is 0. The minimum atomic E-state index is -0.436. The van der Waals surface area contributed by atoms with E-state index in [-0.39, 0.29) is 5.91 Å². The summed E-state index contributed by atoms with van der Waals surface area (Å²) in [6.45, 7) is 3.19. The predicted octanol–water partition coefficient (Wildman–Crippen LogP) is 1.81. The van der Waals surface area contributed by atoms with Crippen LogP contribution in [0.4, 0.5) is 0 Å². The van der Waals surface area contributed by atoms with Crippen molar-refractivity contribution in [3.05, 3.63) is 35.4 Å². The molecule has 3 rings (SSSR count). The van der Waals surface area contributed by atoms with Gasteiger partial charge in [0.2, 0.25) is 0 Å². The van der Waals surface area contributed by atoms with E-state index in [0.717, 1.165) is 18.4 Å². The second-order valence-electron chi connectivity index (χ2n) is 5.53. The fourth-order valence-electron chi connectivity index (χ4n) is 2.98. The quantitative estimate of drug-likeness (QED) is 0.852. The minimum absolute atomic E-state index is 0.0702. The summed E-state index contributed by atoms with van der Waals surface area (Å²) in [6, 6.07) is 7.62. The van der Waals surface area contributed by atoms with Crippen LogP contribution in [-0.4, -0.2) is 50.0 Å². The molecule has 2 aliphatic heterocycles. The van der Waals surface area contributed by atoms with E-state index >= 15 is 0 Å². The third kappa shape index (κ3) is 3.10. The third-order valence-electron chi connectivity index (χ3n) is 4.11. The summed E-state index contributed by atoms with van der Waals surface area (Å²) in [6.07, 6.45) is 1.49. The second-order valence-corrected chi connectivity index (χ2v) is 5.53. The molecule has 2 fully saturated rings. The van der Waals surface area contributed by atoms with E-state index < -0.39 is 5.79 Å². The largest absolute Gasteiger partial charge is 0.380 e. The summed E-state index contributed by atoms with van der Waals surface area (Å²) in [5, 5.41) is 0. The molecule has 1 amide bonds. The van der Waals surface area contributed by atoms with Gasteiger partial charge in [0.1, 0.15) is 0 Å². The molecule has 2 aliphatic rings. The summed E-state index contributed by atoms with van der Waals surface area (Å²) in [5.41, 5.74) is 1.73. The number of methoxy groups -OCH3 is 1. The van der Waals surface area contributed by atoms with Crippen LogP contribution in [0.15, 0.2) is 24.3 Å².